The van der Waals surface area contributed by atoms with Gasteiger partial charge < -0.3 is 14.8 Å². The lowest BCUT2D eigenvalue weighted by atomic mass is 10.1. The molecule has 0 aliphatic carbocycles. The zero-order valence-electron chi connectivity index (χ0n) is 14.6. The van der Waals surface area contributed by atoms with Gasteiger partial charge in [0.2, 0.25) is 5.91 Å². The Labute approximate surface area is 150 Å². The van der Waals surface area contributed by atoms with E-state index in [0.717, 1.165) is 4.90 Å². The van der Waals surface area contributed by atoms with Crippen LogP contribution in [0.2, 0.25) is 0 Å². The van der Waals surface area contributed by atoms with Crippen molar-refractivity contribution in [2.75, 3.05) is 19.5 Å². The Morgan fingerprint density at radius 2 is 1.46 bits per heavy atom. The van der Waals surface area contributed by atoms with Gasteiger partial charge in [0.1, 0.15) is 17.5 Å². The van der Waals surface area contributed by atoms with Gasteiger partial charge in [-0.05, 0) is 19.1 Å². The van der Waals surface area contributed by atoms with Gasteiger partial charge in [-0.3, -0.25) is 19.3 Å². The molecule has 0 saturated heterocycles. The highest BCUT2D eigenvalue weighted by atomic mass is 16.5. The van der Waals surface area contributed by atoms with Crippen LogP contribution in [0.1, 0.15) is 27.6 Å². The normalized spacial score (nSPS) is 14.0. The van der Waals surface area contributed by atoms with Crippen molar-refractivity contribution in [2.45, 2.75) is 13.0 Å². The molecule has 3 rings (SSSR count). The number of ether oxygens (including phenoxy) is 2. The van der Waals surface area contributed by atoms with Gasteiger partial charge in [-0.25, -0.2) is 0 Å². The zero-order valence-corrected chi connectivity index (χ0v) is 14.6. The van der Waals surface area contributed by atoms with Crippen LogP contribution in [-0.2, 0) is 4.79 Å². The molecule has 1 N–H and O–H groups in total. The summed E-state index contributed by atoms with van der Waals surface area (Å²) in [6.07, 6.45) is 0. The summed E-state index contributed by atoms with van der Waals surface area (Å²) in [5.41, 5.74) is 1.05. The van der Waals surface area contributed by atoms with Crippen LogP contribution < -0.4 is 14.8 Å². The predicted octanol–water partition coefficient (Wildman–Crippen LogP) is 2.33. The van der Waals surface area contributed by atoms with E-state index in [-0.39, 0.29) is 0 Å². The number of carbonyl (C=O) groups is 3. The number of benzene rings is 2. The predicted molar refractivity (Wildman–Crippen MR) is 94.6 cm³/mol. The average Bonchev–Trinajstić information content (AvgIpc) is 2.91. The first-order valence-electron chi connectivity index (χ1n) is 7.97. The van der Waals surface area contributed by atoms with E-state index in [9.17, 15) is 14.4 Å². The van der Waals surface area contributed by atoms with Crippen LogP contribution >= 0.6 is 0 Å². The fourth-order valence-corrected chi connectivity index (χ4v) is 2.80. The number of rotatable bonds is 5. The van der Waals surface area contributed by atoms with Crippen molar-refractivity contribution in [1.29, 1.82) is 0 Å². The van der Waals surface area contributed by atoms with Crippen molar-refractivity contribution in [3.05, 3.63) is 53.6 Å². The molecule has 0 spiro atoms. The Morgan fingerprint density at radius 3 is 1.92 bits per heavy atom. The number of hydrogen-bond donors (Lipinski definition) is 1. The van der Waals surface area contributed by atoms with E-state index in [4.69, 9.17) is 9.47 Å². The van der Waals surface area contributed by atoms with Crippen molar-refractivity contribution < 1.29 is 23.9 Å². The largest absolute Gasteiger partial charge is 0.497 e. The number of amides is 3. The second-order valence-corrected chi connectivity index (χ2v) is 5.79. The number of nitrogens with zero attached hydrogens (tertiary/aromatic N) is 1. The van der Waals surface area contributed by atoms with Gasteiger partial charge in [-0.15, -0.1) is 0 Å². The van der Waals surface area contributed by atoms with Crippen LogP contribution in [0.4, 0.5) is 5.69 Å². The molecule has 0 bridgehead atoms. The summed E-state index contributed by atoms with van der Waals surface area (Å²) in [5, 5.41) is 2.69. The van der Waals surface area contributed by atoms with Gasteiger partial charge in [0.15, 0.2) is 0 Å². The molecule has 7 heteroatoms. The fourth-order valence-electron chi connectivity index (χ4n) is 2.80. The summed E-state index contributed by atoms with van der Waals surface area (Å²) in [7, 11) is 3.00. The van der Waals surface area contributed by atoms with Gasteiger partial charge >= 0.3 is 0 Å². The molecule has 0 fully saturated rings. The van der Waals surface area contributed by atoms with Crippen molar-refractivity contribution >= 4 is 23.4 Å². The van der Waals surface area contributed by atoms with Gasteiger partial charge in [-0.2, -0.15) is 0 Å². The summed E-state index contributed by atoms with van der Waals surface area (Å²) in [5.74, 6) is -0.427. The molecule has 1 aliphatic heterocycles. The SMILES string of the molecule is COc1cc(NC(=O)[C@H](C)N2C(=O)c3ccccc3C2=O)cc(OC)c1. The molecule has 1 atom stereocenters. The summed E-state index contributed by atoms with van der Waals surface area (Å²) < 4.78 is 10.3. The van der Waals surface area contributed by atoms with Gasteiger partial charge in [0.05, 0.1) is 25.3 Å². The number of methoxy groups -OCH3 is 2. The molecule has 1 heterocycles. The Balaban J connectivity index is 1.81. The van der Waals surface area contributed by atoms with Crippen LogP contribution in [0.25, 0.3) is 0 Å². The lowest BCUT2D eigenvalue weighted by Gasteiger charge is -2.22. The fraction of sp³-hybridized carbons (Fsp3) is 0.211. The Morgan fingerprint density at radius 1 is 0.962 bits per heavy atom. The minimum absolute atomic E-state index is 0.306. The Bertz CT molecular complexity index is 836. The topological polar surface area (TPSA) is 84.9 Å². The zero-order chi connectivity index (χ0) is 18.8. The minimum Gasteiger partial charge on any atom is -0.497 e. The van der Waals surface area contributed by atoms with Gasteiger partial charge in [-0.1, -0.05) is 12.1 Å². The van der Waals surface area contributed by atoms with Crippen molar-refractivity contribution in [3.8, 4) is 11.5 Å². The third-order valence-electron chi connectivity index (χ3n) is 4.21. The molecular formula is C19H18N2O5. The van der Waals surface area contributed by atoms with Gasteiger partial charge in [0, 0.05) is 23.9 Å². The maximum absolute atomic E-state index is 12.6. The van der Waals surface area contributed by atoms with Crippen LogP contribution in [0, 0.1) is 0 Å². The van der Waals surface area contributed by atoms with E-state index in [1.54, 1.807) is 42.5 Å². The lowest BCUT2D eigenvalue weighted by Crippen LogP contribution is -2.45. The van der Waals surface area contributed by atoms with Crippen LogP contribution in [0.5, 0.6) is 11.5 Å². The van der Waals surface area contributed by atoms with E-state index in [2.05, 4.69) is 5.32 Å². The minimum atomic E-state index is -0.973. The first-order chi connectivity index (χ1) is 12.5. The second-order valence-electron chi connectivity index (χ2n) is 5.79. The highest BCUT2D eigenvalue weighted by Gasteiger charge is 2.40. The third-order valence-corrected chi connectivity index (χ3v) is 4.21. The van der Waals surface area contributed by atoms with E-state index in [0.29, 0.717) is 28.3 Å². The highest BCUT2D eigenvalue weighted by molar-refractivity contribution is 6.23. The number of nitrogens with one attached hydrogen (secondary N) is 1. The highest BCUT2D eigenvalue weighted by Crippen LogP contribution is 2.27. The molecule has 7 nitrogen and oxygen atoms in total. The molecular weight excluding hydrogens is 336 g/mol. The molecule has 0 unspecified atom stereocenters. The van der Waals surface area contributed by atoms with Crippen LogP contribution in [0.15, 0.2) is 42.5 Å². The van der Waals surface area contributed by atoms with E-state index in [1.807, 2.05) is 0 Å². The standard InChI is InChI=1S/C19H18N2O5/c1-11(21-18(23)15-6-4-5-7-16(15)19(21)24)17(22)20-12-8-13(25-2)10-14(9-12)26-3/h4-11H,1-3H3,(H,20,22)/t11-/m0/s1. The molecule has 26 heavy (non-hydrogen) atoms. The maximum atomic E-state index is 12.6. The summed E-state index contributed by atoms with van der Waals surface area (Å²) in [4.78, 5) is 38.6. The van der Waals surface area contributed by atoms with E-state index < -0.39 is 23.8 Å². The molecule has 2 aromatic carbocycles. The van der Waals surface area contributed by atoms with Crippen molar-refractivity contribution in [1.82, 2.24) is 4.90 Å². The Hall–Kier alpha value is -3.35. The average molecular weight is 354 g/mol. The third kappa shape index (κ3) is 2.99. The first kappa shape index (κ1) is 17.5. The quantitative estimate of drug-likeness (QED) is 0.833. The van der Waals surface area contributed by atoms with Crippen LogP contribution in [0.3, 0.4) is 0 Å². The number of fused-ring (bicyclic) bond motifs is 1. The van der Waals surface area contributed by atoms with E-state index in [1.165, 1.54) is 21.1 Å². The molecule has 3 amide bonds. The lowest BCUT2D eigenvalue weighted by molar-refractivity contribution is -0.119. The van der Waals surface area contributed by atoms with Gasteiger partial charge in [0.25, 0.3) is 11.8 Å². The second kappa shape index (κ2) is 6.87. The van der Waals surface area contributed by atoms with Crippen LogP contribution in [-0.4, -0.2) is 42.9 Å². The van der Waals surface area contributed by atoms with Crippen molar-refractivity contribution in [2.24, 2.45) is 0 Å². The molecule has 0 saturated carbocycles. The number of anilines is 1. The summed E-state index contributed by atoms with van der Waals surface area (Å²) in [6, 6.07) is 10.5. The molecule has 0 radical (unpaired) electrons. The smallest absolute Gasteiger partial charge is 0.262 e. The molecule has 134 valence electrons. The van der Waals surface area contributed by atoms with Crippen molar-refractivity contribution in [3.63, 3.8) is 0 Å². The first-order valence-corrected chi connectivity index (χ1v) is 7.97. The molecule has 0 aromatic heterocycles. The maximum Gasteiger partial charge on any atom is 0.262 e. The Kier molecular flexibility index (Phi) is 4.62. The molecule has 2 aromatic rings. The molecule has 1 aliphatic rings. The van der Waals surface area contributed by atoms with E-state index >= 15 is 0 Å². The number of carbonyl (C=O) groups excluding carboxylic acids is 3. The number of imide groups is 1. The summed E-state index contributed by atoms with van der Waals surface area (Å²) in [6.45, 7) is 1.51. The number of hydrogen-bond acceptors (Lipinski definition) is 5. The summed E-state index contributed by atoms with van der Waals surface area (Å²) >= 11 is 0. The monoisotopic (exact) mass is 354 g/mol.